The molecule has 0 unspecified atom stereocenters. The van der Waals surface area contributed by atoms with Gasteiger partial charge >= 0.3 is 0 Å². The number of hydrogen-bond acceptors (Lipinski definition) is 5. The maximum Gasteiger partial charge on any atom is 0.248 e. The van der Waals surface area contributed by atoms with Gasteiger partial charge in [0.05, 0.1) is 17.5 Å². The quantitative estimate of drug-likeness (QED) is 0.264. The van der Waals surface area contributed by atoms with Crippen LogP contribution < -0.4 is 4.72 Å². The van der Waals surface area contributed by atoms with E-state index in [1.165, 1.54) is 0 Å². The fourth-order valence-electron chi connectivity index (χ4n) is 4.59. The van der Waals surface area contributed by atoms with Crippen LogP contribution in [-0.2, 0) is 15.6 Å². The summed E-state index contributed by atoms with van der Waals surface area (Å²) in [5.41, 5.74) is 0.921. The summed E-state index contributed by atoms with van der Waals surface area (Å²) in [6.07, 6.45) is 3.32. The highest BCUT2D eigenvalue weighted by Gasteiger charge is 2.41. The highest BCUT2D eigenvalue weighted by atomic mass is 35.5. The van der Waals surface area contributed by atoms with Gasteiger partial charge in [0.25, 0.3) is 0 Å². The standard InChI is InChI=1S/C26H21ClF2N4O3S/c1-3-26(17-7-9-18(27)10-8-17,25-31-30-24(36-25)16-13-19(28)15-20(29)14-16)33-12-11-21-22(32-37(2,34)35)5-4-6-23(21)33/h4-15,32H,3H2,1-2H3/t26-/m1/s1. The zero-order valence-electron chi connectivity index (χ0n) is 19.7. The largest absolute Gasteiger partial charge is 0.418 e. The SMILES string of the molecule is CC[C@@](c1ccc(Cl)cc1)(c1nnc(-c2cc(F)cc(F)c2)o1)n1ccc2c(NS(C)(=O)=O)cccc21. The minimum Gasteiger partial charge on any atom is -0.418 e. The summed E-state index contributed by atoms with van der Waals surface area (Å²) in [4.78, 5) is 0. The molecule has 1 N–H and O–H groups in total. The molecule has 0 aliphatic heterocycles. The fourth-order valence-corrected chi connectivity index (χ4v) is 5.29. The Morgan fingerprint density at radius 1 is 1.03 bits per heavy atom. The third-order valence-electron chi connectivity index (χ3n) is 6.16. The molecular formula is C26H21ClF2N4O3S. The van der Waals surface area contributed by atoms with E-state index < -0.39 is 27.2 Å². The van der Waals surface area contributed by atoms with Crippen LogP contribution in [0.1, 0.15) is 24.8 Å². The Bertz CT molecular complexity index is 1700. The van der Waals surface area contributed by atoms with Gasteiger partial charge in [-0.3, -0.25) is 4.72 Å². The minimum atomic E-state index is -3.52. The van der Waals surface area contributed by atoms with Crippen molar-refractivity contribution in [2.24, 2.45) is 0 Å². The van der Waals surface area contributed by atoms with Crippen LogP contribution in [0.2, 0.25) is 5.02 Å². The summed E-state index contributed by atoms with van der Waals surface area (Å²) in [6, 6.07) is 17.2. The molecule has 0 amide bonds. The van der Waals surface area contributed by atoms with Crippen LogP contribution in [0.15, 0.2) is 77.3 Å². The zero-order chi connectivity index (χ0) is 26.4. The predicted molar refractivity (Wildman–Crippen MR) is 138 cm³/mol. The van der Waals surface area contributed by atoms with E-state index in [0.29, 0.717) is 28.0 Å². The Hall–Kier alpha value is -3.76. The molecule has 0 aliphatic carbocycles. The van der Waals surface area contributed by atoms with Gasteiger partial charge in [0.2, 0.25) is 21.8 Å². The summed E-state index contributed by atoms with van der Waals surface area (Å²) < 4.78 is 62.2. The molecule has 0 saturated heterocycles. The van der Waals surface area contributed by atoms with Crippen LogP contribution in [0.25, 0.3) is 22.4 Å². The number of rotatable bonds is 7. The first-order valence-corrected chi connectivity index (χ1v) is 13.5. The monoisotopic (exact) mass is 542 g/mol. The van der Waals surface area contributed by atoms with Gasteiger partial charge in [0.1, 0.15) is 17.2 Å². The number of fused-ring (bicyclic) bond motifs is 1. The molecule has 2 heterocycles. The topological polar surface area (TPSA) is 90.0 Å². The molecule has 0 saturated carbocycles. The molecular weight excluding hydrogens is 522 g/mol. The summed E-state index contributed by atoms with van der Waals surface area (Å²) in [7, 11) is -3.52. The van der Waals surface area contributed by atoms with E-state index in [4.69, 9.17) is 16.0 Å². The van der Waals surface area contributed by atoms with Gasteiger partial charge in [0, 0.05) is 28.2 Å². The lowest BCUT2D eigenvalue weighted by Crippen LogP contribution is -2.35. The Labute approximate surface area is 216 Å². The van der Waals surface area contributed by atoms with Crippen LogP contribution in [-0.4, -0.2) is 29.4 Å². The molecule has 0 radical (unpaired) electrons. The second-order valence-corrected chi connectivity index (χ2v) is 10.8. The highest BCUT2D eigenvalue weighted by Crippen LogP contribution is 2.41. The number of anilines is 1. The van der Waals surface area contributed by atoms with E-state index in [9.17, 15) is 17.2 Å². The second-order valence-electron chi connectivity index (χ2n) is 8.59. The summed E-state index contributed by atoms with van der Waals surface area (Å²) in [6.45, 7) is 1.94. The first kappa shape index (κ1) is 24.9. The van der Waals surface area contributed by atoms with Crippen molar-refractivity contribution in [2.45, 2.75) is 18.9 Å². The van der Waals surface area contributed by atoms with Gasteiger partial charge in [-0.2, -0.15) is 0 Å². The number of nitrogens with zero attached hydrogens (tertiary/aromatic N) is 3. The van der Waals surface area contributed by atoms with Crippen molar-refractivity contribution in [2.75, 3.05) is 11.0 Å². The van der Waals surface area contributed by atoms with Crippen LogP contribution in [0.4, 0.5) is 14.5 Å². The number of benzene rings is 3. The lowest BCUT2D eigenvalue weighted by atomic mass is 9.86. The molecule has 5 aromatic rings. The first-order valence-electron chi connectivity index (χ1n) is 11.3. The third-order valence-corrected chi connectivity index (χ3v) is 7.00. The van der Waals surface area contributed by atoms with Crippen molar-refractivity contribution in [3.8, 4) is 11.5 Å². The van der Waals surface area contributed by atoms with Crippen molar-refractivity contribution in [1.29, 1.82) is 0 Å². The predicted octanol–water partition coefficient (Wildman–Crippen LogP) is 6.20. The van der Waals surface area contributed by atoms with Gasteiger partial charge in [0.15, 0.2) is 0 Å². The van der Waals surface area contributed by atoms with E-state index in [1.54, 1.807) is 30.3 Å². The average Bonchev–Trinajstić information content (AvgIpc) is 3.49. The minimum absolute atomic E-state index is 0.0453. The van der Waals surface area contributed by atoms with Crippen molar-refractivity contribution in [3.63, 3.8) is 0 Å². The molecule has 7 nitrogen and oxygen atoms in total. The molecule has 0 spiro atoms. The van der Waals surface area contributed by atoms with Gasteiger partial charge in [-0.25, -0.2) is 17.2 Å². The maximum atomic E-state index is 13.9. The van der Waals surface area contributed by atoms with E-state index >= 15 is 0 Å². The van der Waals surface area contributed by atoms with Crippen molar-refractivity contribution < 1.29 is 21.6 Å². The molecule has 11 heteroatoms. The van der Waals surface area contributed by atoms with Gasteiger partial charge in [-0.05, 0) is 54.4 Å². The fraction of sp³-hybridized carbons (Fsp3) is 0.154. The molecule has 5 rings (SSSR count). The Kier molecular flexibility index (Phi) is 6.25. The Morgan fingerprint density at radius 2 is 1.73 bits per heavy atom. The van der Waals surface area contributed by atoms with Crippen LogP contribution in [0.3, 0.4) is 0 Å². The summed E-state index contributed by atoms with van der Waals surface area (Å²) in [5.74, 6) is -1.40. The molecule has 3 aromatic carbocycles. The molecule has 37 heavy (non-hydrogen) atoms. The van der Waals surface area contributed by atoms with E-state index in [0.717, 1.165) is 30.0 Å². The van der Waals surface area contributed by atoms with Crippen molar-refractivity contribution >= 4 is 38.2 Å². The number of hydrogen-bond donors (Lipinski definition) is 1. The van der Waals surface area contributed by atoms with Gasteiger partial charge < -0.3 is 8.98 Å². The average molecular weight is 543 g/mol. The zero-order valence-corrected chi connectivity index (χ0v) is 21.3. The highest BCUT2D eigenvalue weighted by molar-refractivity contribution is 7.92. The van der Waals surface area contributed by atoms with Crippen molar-refractivity contribution in [1.82, 2.24) is 14.8 Å². The van der Waals surface area contributed by atoms with Crippen LogP contribution >= 0.6 is 11.6 Å². The number of halogens is 3. The smallest absolute Gasteiger partial charge is 0.248 e. The first-order chi connectivity index (χ1) is 17.6. The lowest BCUT2D eigenvalue weighted by Gasteiger charge is -2.33. The molecule has 0 aliphatic rings. The number of sulfonamides is 1. The van der Waals surface area contributed by atoms with Crippen LogP contribution in [0, 0.1) is 11.6 Å². The normalized spacial score (nSPS) is 13.5. The molecule has 190 valence electrons. The number of aromatic nitrogens is 3. The Morgan fingerprint density at radius 3 is 2.38 bits per heavy atom. The van der Waals surface area contributed by atoms with Crippen LogP contribution in [0.5, 0.6) is 0 Å². The maximum absolute atomic E-state index is 13.9. The lowest BCUT2D eigenvalue weighted by molar-refractivity contribution is 0.325. The second kappa shape index (κ2) is 9.28. The molecule has 2 aromatic heterocycles. The third kappa shape index (κ3) is 4.58. The van der Waals surface area contributed by atoms with E-state index in [-0.39, 0.29) is 17.3 Å². The van der Waals surface area contributed by atoms with E-state index in [1.807, 2.05) is 35.9 Å². The molecule has 1 atom stereocenters. The van der Waals surface area contributed by atoms with Crippen molar-refractivity contribution in [3.05, 3.63) is 101 Å². The van der Waals surface area contributed by atoms with E-state index in [2.05, 4.69) is 14.9 Å². The number of nitrogens with one attached hydrogen (secondary N) is 1. The molecule has 0 fully saturated rings. The molecule has 0 bridgehead atoms. The summed E-state index contributed by atoms with van der Waals surface area (Å²) in [5, 5.41) is 9.61. The summed E-state index contributed by atoms with van der Waals surface area (Å²) >= 11 is 6.17. The Balaban J connectivity index is 1.76. The van der Waals surface area contributed by atoms with Gasteiger partial charge in [-0.1, -0.05) is 36.7 Å². The van der Waals surface area contributed by atoms with Gasteiger partial charge in [-0.15, -0.1) is 10.2 Å².